The van der Waals surface area contributed by atoms with Crippen LogP contribution in [-0.2, 0) is 4.79 Å². The molecule has 6 heteroatoms. The van der Waals surface area contributed by atoms with Gasteiger partial charge in [0.15, 0.2) is 0 Å². The molecule has 0 spiro atoms. The number of allylic oxidation sites excluding steroid dienone is 6. The largest absolute Gasteiger partial charge is 0.394 e. The molecule has 4 atom stereocenters. The van der Waals surface area contributed by atoms with Crippen molar-refractivity contribution in [3.63, 3.8) is 0 Å². The molecule has 6 nitrogen and oxygen atoms in total. The lowest BCUT2D eigenvalue weighted by Crippen LogP contribution is -2.53. The third-order valence-corrected chi connectivity index (χ3v) is 14.8. The first-order valence-corrected chi connectivity index (χ1v) is 31.4. The first kappa shape index (κ1) is 68.5. The molecule has 0 radical (unpaired) electrons. The minimum absolute atomic E-state index is 0.357. The van der Waals surface area contributed by atoms with Crippen LogP contribution in [0.25, 0.3) is 0 Å². The number of aliphatic hydroxyl groups is 4. The molecule has 0 fully saturated rings. The summed E-state index contributed by atoms with van der Waals surface area (Å²) in [5.41, 5.74) is 0. The first-order chi connectivity index (χ1) is 34.5. The Labute approximate surface area is 437 Å². The van der Waals surface area contributed by atoms with Crippen LogP contribution < -0.4 is 5.32 Å². The highest BCUT2D eigenvalue weighted by atomic mass is 16.3. The molecule has 0 saturated carbocycles. The maximum Gasteiger partial charge on any atom is 0.249 e. The summed E-state index contributed by atoms with van der Waals surface area (Å²) < 4.78 is 0. The van der Waals surface area contributed by atoms with E-state index in [1.807, 2.05) is 0 Å². The summed E-state index contributed by atoms with van der Waals surface area (Å²) in [6.45, 7) is 4.08. The second-order valence-electron chi connectivity index (χ2n) is 21.7. The van der Waals surface area contributed by atoms with E-state index in [0.717, 1.165) is 51.4 Å². The summed E-state index contributed by atoms with van der Waals surface area (Å²) in [6, 6.07) is -1.01. The molecule has 0 rings (SSSR count). The van der Waals surface area contributed by atoms with E-state index in [9.17, 15) is 25.2 Å². The van der Waals surface area contributed by atoms with Crippen molar-refractivity contribution in [2.45, 2.75) is 359 Å². The van der Waals surface area contributed by atoms with Crippen LogP contribution in [0, 0.1) is 0 Å². The molecule has 0 aromatic rings. The molecule has 0 aromatic heterocycles. The van der Waals surface area contributed by atoms with Crippen molar-refractivity contribution in [1.82, 2.24) is 5.32 Å². The predicted molar refractivity (Wildman–Crippen MR) is 307 cm³/mol. The van der Waals surface area contributed by atoms with E-state index < -0.39 is 36.9 Å². The van der Waals surface area contributed by atoms with Gasteiger partial charge in [-0.3, -0.25) is 4.79 Å². The number of carbonyl (C=O) groups is 1. The molecular formula is C64H123NO5. The zero-order valence-corrected chi connectivity index (χ0v) is 47.0. The monoisotopic (exact) mass is 986 g/mol. The molecule has 4 unspecified atom stereocenters. The third-order valence-electron chi connectivity index (χ3n) is 14.8. The average Bonchev–Trinajstić information content (AvgIpc) is 3.36. The molecule has 0 aliphatic carbocycles. The fourth-order valence-corrected chi connectivity index (χ4v) is 9.91. The molecule has 0 aliphatic rings. The third kappa shape index (κ3) is 51.4. The Hall–Kier alpha value is -1.47. The van der Waals surface area contributed by atoms with E-state index in [2.05, 4.69) is 55.6 Å². The van der Waals surface area contributed by atoms with Gasteiger partial charge < -0.3 is 25.7 Å². The zero-order chi connectivity index (χ0) is 50.9. The van der Waals surface area contributed by atoms with Crippen molar-refractivity contribution in [1.29, 1.82) is 0 Å². The average molecular weight is 987 g/mol. The Kier molecular flexibility index (Phi) is 57.2. The molecule has 0 bridgehead atoms. The molecule has 414 valence electrons. The van der Waals surface area contributed by atoms with Gasteiger partial charge in [-0.15, -0.1) is 0 Å². The van der Waals surface area contributed by atoms with Crippen molar-refractivity contribution in [3.8, 4) is 0 Å². The highest BCUT2D eigenvalue weighted by Crippen LogP contribution is 2.18. The minimum atomic E-state index is -1.29. The van der Waals surface area contributed by atoms with Crippen LogP contribution in [0.15, 0.2) is 36.5 Å². The maximum atomic E-state index is 12.6. The van der Waals surface area contributed by atoms with Gasteiger partial charge in [-0.25, -0.2) is 0 Å². The number of hydrogen-bond donors (Lipinski definition) is 5. The number of aliphatic hydroxyl groups excluding tert-OH is 4. The molecule has 5 N–H and O–H groups in total. The van der Waals surface area contributed by atoms with Crippen LogP contribution in [0.2, 0.25) is 0 Å². The summed E-state index contributed by atoms with van der Waals surface area (Å²) >= 11 is 0. The van der Waals surface area contributed by atoms with E-state index in [0.29, 0.717) is 12.8 Å². The van der Waals surface area contributed by atoms with Crippen LogP contribution in [0.1, 0.15) is 335 Å². The van der Waals surface area contributed by atoms with Gasteiger partial charge in [0.2, 0.25) is 5.91 Å². The molecule has 1 amide bonds. The minimum Gasteiger partial charge on any atom is -0.394 e. The van der Waals surface area contributed by atoms with Crippen LogP contribution >= 0.6 is 0 Å². The van der Waals surface area contributed by atoms with Gasteiger partial charge in [0.1, 0.15) is 12.2 Å². The Morgan fingerprint density at radius 2 is 0.629 bits per heavy atom. The summed E-state index contributed by atoms with van der Waals surface area (Å²) in [5.74, 6) is -0.594. The van der Waals surface area contributed by atoms with E-state index >= 15 is 0 Å². The van der Waals surface area contributed by atoms with Gasteiger partial charge in [-0.2, -0.15) is 0 Å². The lowest BCUT2D eigenvalue weighted by Gasteiger charge is -2.27. The van der Waals surface area contributed by atoms with E-state index in [1.54, 1.807) is 0 Å². The van der Waals surface area contributed by atoms with Crippen molar-refractivity contribution < 1.29 is 25.2 Å². The van der Waals surface area contributed by atoms with Gasteiger partial charge in [-0.05, 0) is 70.6 Å². The number of unbranched alkanes of at least 4 members (excludes halogenated alkanes) is 43. The normalized spacial score (nSPS) is 13.9. The lowest BCUT2D eigenvalue weighted by molar-refractivity contribution is -0.132. The lowest BCUT2D eigenvalue weighted by atomic mass is 10.00. The Bertz CT molecular complexity index is 1110. The summed E-state index contributed by atoms with van der Waals surface area (Å²) in [7, 11) is 0. The van der Waals surface area contributed by atoms with Gasteiger partial charge in [-0.1, -0.05) is 301 Å². The van der Waals surface area contributed by atoms with Crippen LogP contribution in [0.3, 0.4) is 0 Å². The van der Waals surface area contributed by atoms with Crippen molar-refractivity contribution >= 4 is 5.91 Å². The fraction of sp³-hybridized carbons (Fsp3) is 0.891. The van der Waals surface area contributed by atoms with Gasteiger partial charge in [0.25, 0.3) is 0 Å². The summed E-state index contributed by atoms with van der Waals surface area (Å²) in [5, 5.41) is 44.1. The molecule has 0 aromatic carbocycles. The number of rotatable bonds is 58. The van der Waals surface area contributed by atoms with Crippen molar-refractivity contribution in [2.24, 2.45) is 0 Å². The summed E-state index contributed by atoms with van der Waals surface area (Å²) in [6.07, 6.45) is 73.8. The Morgan fingerprint density at radius 3 is 0.943 bits per heavy atom. The van der Waals surface area contributed by atoms with Gasteiger partial charge in [0, 0.05) is 0 Å². The smallest absolute Gasteiger partial charge is 0.249 e. The summed E-state index contributed by atoms with van der Waals surface area (Å²) in [4.78, 5) is 12.6. The molecule has 0 saturated heterocycles. The van der Waals surface area contributed by atoms with E-state index in [-0.39, 0.29) is 0 Å². The second kappa shape index (κ2) is 58.4. The topological polar surface area (TPSA) is 110 Å². The SMILES string of the molecule is CCCCCCCCCCC/C=C\C/C=C\CCCCCCCCCCC(O)C(=O)NC(CO)C(O)C(O)CCC/C=C/CCCCCCCCCCCCCCCCCCCCCCCCCCC. The van der Waals surface area contributed by atoms with Crippen LogP contribution in [0.5, 0.6) is 0 Å². The first-order valence-electron chi connectivity index (χ1n) is 31.4. The molecule has 0 aliphatic heterocycles. The van der Waals surface area contributed by atoms with Crippen LogP contribution in [0.4, 0.5) is 0 Å². The Balaban J connectivity index is 3.62. The second-order valence-corrected chi connectivity index (χ2v) is 21.7. The molecule has 0 heterocycles. The number of nitrogens with one attached hydrogen (secondary N) is 1. The maximum absolute atomic E-state index is 12.6. The van der Waals surface area contributed by atoms with Crippen LogP contribution in [-0.4, -0.2) is 57.3 Å². The zero-order valence-electron chi connectivity index (χ0n) is 47.0. The molecule has 70 heavy (non-hydrogen) atoms. The quantitative estimate of drug-likeness (QED) is 0.0308. The fourth-order valence-electron chi connectivity index (χ4n) is 9.91. The molecular weight excluding hydrogens is 863 g/mol. The standard InChI is InChI=1S/C64H123NO5/c1-3-5-7-9-11-13-15-17-19-21-23-25-27-29-30-31-32-33-34-36-37-39-41-43-45-47-49-51-53-55-57-61(67)63(69)60(59-66)65-64(70)62(68)58-56-54-52-50-48-46-44-42-40-38-35-28-26-24-22-20-18-16-14-12-10-8-6-4-2/h24,26,35,38,49,51,60-63,66-69H,3-23,25,27-34,36-37,39-48,50,52-59H2,1-2H3,(H,65,70)/b26-24-,38-35-,51-49+. The highest BCUT2D eigenvalue weighted by Gasteiger charge is 2.28. The number of carbonyl (C=O) groups excluding carboxylic acids is 1. The van der Waals surface area contributed by atoms with Gasteiger partial charge in [0.05, 0.1) is 18.8 Å². The van der Waals surface area contributed by atoms with E-state index in [1.165, 1.54) is 257 Å². The highest BCUT2D eigenvalue weighted by molar-refractivity contribution is 5.80. The number of amides is 1. The number of hydrogen-bond acceptors (Lipinski definition) is 5. The van der Waals surface area contributed by atoms with Gasteiger partial charge >= 0.3 is 0 Å². The van der Waals surface area contributed by atoms with Crippen molar-refractivity contribution in [2.75, 3.05) is 6.61 Å². The van der Waals surface area contributed by atoms with Crippen molar-refractivity contribution in [3.05, 3.63) is 36.5 Å². The predicted octanol–water partition coefficient (Wildman–Crippen LogP) is 18.8. The Morgan fingerprint density at radius 1 is 0.357 bits per heavy atom. The van der Waals surface area contributed by atoms with E-state index in [4.69, 9.17) is 0 Å².